The highest BCUT2D eigenvalue weighted by atomic mass is 16.4. The van der Waals surface area contributed by atoms with Crippen molar-refractivity contribution < 1.29 is 9.90 Å². The molecule has 1 heterocycles. The minimum absolute atomic E-state index is 0.0559. The Hall–Kier alpha value is -1.45. The molecule has 0 unspecified atom stereocenters. The Morgan fingerprint density at radius 1 is 1.55 bits per heavy atom. The van der Waals surface area contributed by atoms with E-state index in [0.717, 1.165) is 0 Å². The van der Waals surface area contributed by atoms with Crippen molar-refractivity contribution in [2.45, 2.75) is 13.3 Å². The molecular weight excluding hydrogens is 144 g/mol. The van der Waals surface area contributed by atoms with Crippen molar-refractivity contribution in [3.05, 3.63) is 23.8 Å². The van der Waals surface area contributed by atoms with Crippen molar-refractivity contribution in [3.8, 4) is 0 Å². The van der Waals surface area contributed by atoms with Gasteiger partial charge in [-0.2, -0.15) is 0 Å². The lowest BCUT2D eigenvalue weighted by atomic mass is 10.2. The van der Waals surface area contributed by atoms with Gasteiger partial charge < -0.3 is 5.11 Å². The molecule has 1 N–H and O–H groups in total. The van der Waals surface area contributed by atoms with Gasteiger partial charge in [0.2, 0.25) is 0 Å². The van der Waals surface area contributed by atoms with Gasteiger partial charge in [-0.25, -0.2) is 0 Å². The van der Waals surface area contributed by atoms with Crippen LogP contribution in [-0.4, -0.2) is 21.0 Å². The maximum atomic E-state index is 10.3. The lowest BCUT2D eigenvalue weighted by Crippen LogP contribution is -2.04. The summed E-state index contributed by atoms with van der Waals surface area (Å²) >= 11 is 0. The van der Waals surface area contributed by atoms with Crippen LogP contribution in [0.1, 0.15) is 11.4 Å². The molecule has 0 saturated heterocycles. The van der Waals surface area contributed by atoms with Gasteiger partial charge in [0.15, 0.2) is 0 Å². The fourth-order valence-electron chi connectivity index (χ4n) is 0.753. The summed E-state index contributed by atoms with van der Waals surface area (Å²) in [6.45, 7) is 1.74. The second-order valence-corrected chi connectivity index (χ2v) is 2.16. The highest BCUT2D eigenvalue weighted by Crippen LogP contribution is 1.99. The second kappa shape index (κ2) is 3.09. The van der Waals surface area contributed by atoms with E-state index in [9.17, 15) is 4.79 Å². The summed E-state index contributed by atoms with van der Waals surface area (Å²) in [4.78, 5) is 18.0. The van der Waals surface area contributed by atoms with Crippen molar-refractivity contribution >= 4 is 5.97 Å². The Morgan fingerprint density at radius 3 is 2.73 bits per heavy atom. The molecule has 1 aromatic rings. The van der Waals surface area contributed by atoms with E-state index in [2.05, 4.69) is 9.97 Å². The summed E-state index contributed by atoms with van der Waals surface area (Å²) in [7, 11) is 0. The number of hydrogen-bond acceptors (Lipinski definition) is 3. The van der Waals surface area contributed by atoms with Crippen LogP contribution >= 0.6 is 0 Å². The van der Waals surface area contributed by atoms with Gasteiger partial charge in [0.1, 0.15) is 0 Å². The molecule has 0 fully saturated rings. The molecule has 0 spiro atoms. The number of nitrogens with zero attached hydrogens (tertiary/aromatic N) is 2. The van der Waals surface area contributed by atoms with Crippen LogP contribution in [0, 0.1) is 6.92 Å². The lowest BCUT2D eigenvalue weighted by Gasteiger charge is -1.97. The summed E-state index contributed by atoms with van der Waals surface area (Å²) in [5, 5.41) is 8.42. The van der Waals surface area contributed by atoms with Crippen molar-refractivity contribution in [1.29, 1.82) is 0 Å². The molecule has 4 nitrogen and oxygen atoms in total. The van der Waals surface area contributed by atoms with Gasteiger partial charge in [-0.05, 0) is 6.92 Å². The second-order valence-electron chi connectivity index (χ2n) is 2.16. The number of carboxylic acids is 1. The van der Waals surface area contributed by atoms with E-state index in [1.165, 1.54) is 6.20 Å². The normalized spacial score (nSPS) is 9.55. The lowest BCUT2D eigenvalue weighted by molar-refractivity contribution is -0.136. The zero-order valence-corrected chi connectivity index (χ0v) is 6.11. The monoisotopic (exact) mass is 152 g/mol. The average Bonchev–Trinajstić information content (AvgIpc) is 1.93. The van der Waals surface area contributed by atoms with Gasteiger partial charge in [0.05, 0.1) is 17.8 Å². The smallest absolute Gasteiger partial charge is 0.309 e. The highest BCUT2D eigenvalue weighted by Gasteiger charge is 2.04. The van der Waals surface area contributed by atoms with Crippen LogP contribution in [0.2, 0.25) is 0 Å². The molecule has 1 rings (SSSR count). The molecule has 0 aromatic carbocycles. The summed E-state index contributed by atoms with van der Waals surface area (Å²) in [6.07, 6.45) is 2.98. The Kier molecular flexibility index (Phi) is 2.15. The summed E-state index contributed by atoms with van der Waals surface area (Å²) in [5.74, 6) is -0.881. The third-order valence-corrected chi connectivity index (χ3v) is 1.30. The molecule has 0 saturated carbocycles. The predicted octanol–water partition coefficient (Wildman–Crippen LogP) is 0.412. The van der Waals surface area contributed by atoms with E-state index in [-0.39, 0.29) is 6.42 Å². The fraction of sp³-hybridized carbons (Fsp3) is 0.286. The average molecular weight is 152 g/mol. The van der Waals surface area contributed by atoms with E-state index < -0.39 is 5.97 Å². The largest absolute Gasteiger partial charge is 0.481 e. The number of carbonyl (C=O) groups is 1. The van der Waals surface area contributed by atoms with Crippen molar-refractivity contribution in [2.24, 2.45) is 0 Å². The van der Waals surface area contributed by atoms with Gasteiger partial charge in [-0.15, -0.1) is 0 Å². The summed E-state index contributed by atoms with van der Waals surface area (Å²) in [6, 6.07) is 0. The first kappa shape index (κ1) is 7.65. The first-order valence-electron chi connectivity index (χ1n) is 3.18. The first-order chi connectivity index (χ1) is 5.20. The molecule has 0 amide bonds. The maximum absolute atomic E-state index is 10.3. The molecule has 0 radical (unpaired) electrons. The third-order valence-electron chi connectivity index (χ3n) is 1.30. The minimum atomic E-state index is -0.881. The first-order valence-corrected chi connectivity index (χ1v) is 3.18. The third kappa shape index (κ3) is 2.00. The fourth-order valence-corrected chi connectivity index (χ4v) is 0.753. The Balaban J connectivity index is 2.86. The summed E-state index contributed by atoms with van der Waals surface area (Å²) < 4.78 is 0. The quantitative estimate of drug-likeness (QED) is 0.666. The van der Waals surface area contributed by atoms with Crippen LogP contribution in [0.5, 0.6) is 0 Å². The summed E-state index contributed by atoms with van der Waals surface area (Å²) in [5.41, 5.74) is 1.20. The molecule has 0 atom stereocenters. The van der Waals surface area contributed by atoms with E-state index in [0.29, 0.717) is 11.4 Å². The molecular formula is C7H8N2O2. The minimum Gasteiger partial charge on any atom is -0.481 e. The molecule has 4 heteroatoms. The Labute approximate surface area is 63.9 Å². The van der Waals surface area contributed by atoms with Crippen LogP contribution in [-0.2, 0) is 11.2 Å². The molecule has 1 aromatic heterocycles. The van der Waals surface area contributed by atoms with E-state index >= 15 is 0 Å². The number of rotatable bonds is 2. The Morgan fingerprint density at radius 2 is 2.18 bits per heavy atom. The molecule has 0 aliphatic carbocycles. The molecule has 0 aliphatic heterocycles. The van der Waals surface area contributed by atoms with Crippen molar-refractivity contribution in [1.82, 2.24) is 9.97 Å². The van der Waals surface area contributed by atoms with Gasteiger partial charge in [0.25, 0.3) is 0 Å². The van der Waals surface area contributed by atoms with Crippen molar-refractivity contribution in [2.75, 3.05) is 0 Å². The van der Waals surface area contributed by atoms with Crippen LogP contribution in [0.15, 0.2) is 12.4 Å². The van der Waals surface area contributed by atoms with Crippen LogP contribution in [0.4, 0.5) is 0 Å². The number of aryl methyl sites for hydroxylation is 1. The maximum Gasteiger partial charge on any atom is 0.309 e. The molecule has 0 aliphatic rings. The Bertz CT molecular complexity index is 273. The van der Waals surface area contributed by atoms with Gasteiger partial charge in [-0.1, -0.05) is 0 Å². The number of hydrogen-bond donors (Lipinski definition) is 1. The topological polar surface area (TPSA) is 63.1 Å². The van der Waals surface area contributed by atoms with E-state index in [1.54, 1.807) is 13.1 Å². The zero-order valence-electron chi connectivity index (χ0n) is 6.11. The SMILES string of the molecule is Cc1nccnc1CC(=O)O. The van der Waals surface area contributed by atoms with Gasteiger partial charge >= 0.3 is 5.97 Å². The molecule has 0 bridgehead atoms. The van der Waals surface area contributed by atoms with Gasteiger partial charge in [-0.3, -0.25) is 14.8 Å². The molecule has 11 heavy (non-hydrogen) atoms. The van der Waals surface area contributed by atoms with Crippen molar-refractivity contribution in [3.63, 3.8) is 0 Å². The zero-order chi connectivity index (χ0) is 8.27. The predicted molar refractivity (Wildman–Crippen MR) is 38.1 cm³/mol. The number of aromatic nitrogens is 2. The van der Waals surface area contributed by atoms with Crippen LogP contribution in [0.25, 0.3) is 0 Å². The molecule has 58 valence electrons. The van der Waals surface area contributed by atoms with E-state index in [1.807, 2.05) is 0 Å². The van der Waals surface area contributed by atoms with Crippen LogP contribution in [0.3, 0.4) is 0 Å². The van der Waals surface area contributed by atoms with Crippen LogP contribution < -0.4 is 0 Å². The number of carboxylic acid groups (broad SMARTS) is 1. The highest BCUT2D eigenvalue weighted by molar-refractivity contribution is 5.69. The number of aliphatic carboxylic acids is 1. The standard InChI is InChI=1S/C7H8N2O2/c1-5-6(4-7(10)11)9-3-2-8-5/h2-3H,4H2,1H3,(H,10,11). The van der Waals surface area contributed by atoms with E-state index in [4.69, 9.17) is 5.11 Å². The van der Waals surface area contributed by atoms with Gasteiger partial charge in [0, 0.05) is 12.4 Å².